The number of benzene rings is 1. The molecule has 3 rings (SSSR count). The molecule has 2 N–H and O–H groups in total. The van der Waals surface area contributed by atoms with Gasteiger partial charge in [0.15, 0.2) is 5.78 Å². The van der Waals surface area contributed by atoms with E-state index >= 15 is 0 Å². The molecule has 1 aliphatic carbocycles. The summed E-state index contributed by atoms with van der Waals surface area (Å²) in [5.74, 6) is 0.0606. The summed E-state index contributed by atoms with van der Waals surface area (Å²) >= 11 is 0. The van der Waals surface area contributed by atoms with Crippen molar-refractivity contribution in [2.45, 2.75) is 31.3 Å². The number of methoxy groups -OCH3 is 1. The molecule has 0 spiro atoms. The van der Waals surface area contributed by atoms with E-state index in [4.69, 9.17) is 4.74 Å². The highest BCUT2D eigenvalue weighted by atomic mass is 16.5. The number of rotatable bonds is 4. The third-order valence-corrected chi connectivity index (χ3v) is 4.02. The van der Waals surface area contributed by atoms with Crippen LogP contribution in [0.4, 0.5) is 0 Å². The molecule has 0 saturated heterocycles. The molecule has 0 unspecified atom stereocenters. The Kier molecular flexibility index (Phi) is 2.78. The summed E-state index contributed by atoms with van der Waals surface area (Å²) in [5.41, 5.74) is 1.47. The van der Waals surface area contributed by atoms with Gasteiger partial charge in [-0.2, -0.15) is 0 Å². The highest BCUT2D eigenvalue weighted by Crippen LogP contribution is 2.38. The van der Waals surface area contributed by atoms with Gasteiger partial charge in [-0.15, -0.1) is 0 Å². The largest absolute Gasteiger partial charge is 0.378 e. The lowest BCUT2D eigenvalue weighted by Gasteiger charge is -2.40. The molecule has 5 nitrogen and oxygen atoms in total. The maximum Gasteiger partial charge on any atom is 0.323 e. The molecule has 19 heavy (non-hydrogen) atoms. The van der Waals surface area contributed by atoms with Crippen molar-refractivity contribution in [2.75, 3.05) is 7.11 Å². The van der Waals surface area contributed by atoms with Crippen LogP contribution in [0.3, 0.4) is 0 Å². The lowest BCUT2D eigenvalue weighted by Crippen LogP contribution is -2.41. The van der Waals surface area contributed by atoms with E-state index in [1.165, 1.54) is 0 Å². The minimum atomic E-state index is -0.266. The lowest BCUT2D eigenvalue weighted by atomic mass is 9.76. The van der Waals surface area contributed by atoms with Crippen LogP contribution in [0.5, 0.6) is 0 Å². The van der Waals surface area contributed by atoms with E-state index in [0.717, 1.165) is 19.3 Å². The molecule has 0 amide bonds. The summed E-state index contributed by atoms with van der Waals surface area (Å²) in [6, 6.07) is 5.22. The van der Waals surface area contributed by atoms with E-state index in [1.807, 2.05) is 0 Å². The number of ether oxygens (including phenoxy) is 1. The first-order valence-electron chi connectivity index (χ1n) is 6.42. The molecule has 1 aromatic heterocycles. The van der Waals surface area contributed by atoms with E-state index in [1.54, 1.807) is 25.3 Å². The van der Waals surface area contributed by atoms with Crippen LogP contribution in [0.1, 0.15) is 36.0 Å². The van der Waals surface area contributed by atoms with Crippen molar-refractivity contribution >= 4 is 16.8 Å². The number of aromatic nitrogens is 2. The van der Waals surface area contributed by atoms with Gasteiger partial charge in [-0.05, 0) is 37.5 Å². The van der Waals surface area contributed by atoms with Gasteiger partial charge in [-0.3, -0.25) is 4.79 Å². The Morgan fingerprint density at radius 3 is 2.68 bits per heavy atom. The molecule has 100 valence electrons. The van der Waals surface area contributed by atoms with Crippen molar-refractivity contribution in [3.05, 3.63) is 34.2 Å². The first-order valence-corrected chi connectivity index (χ1v) is 6.42. The zero-order valence-electron chi connectivity index (χ0n) is 10.8. The van der Waals surface area contributed by atoms with Crippen LogP contribution in [-0.2, 0) is 4.74 Å². The Balaban J connectivity index is 1.86. The van der Waals surface area contributed by atoms with Gasteiger partial charge < -0.3 is 14.7 Å². The molecule has 2 aromatic rings. The number of H-pyrrole nitrogens is 2. The van der Waals surface area contributed by atoms with Crippen molar-refractivity contribution in [3.8, 4) is 0 Å². The van der Waals surface area contributed by atoms with Gasteiger partial charge in [0.25, 0.3) is 0 Å². The summed E-state index contributed by atoms with van der Waals surface area (Å²) < 4.78 is 5.47. The molecule has 0 bridgehead atoms. The van der Waals surface area contributed by atoms with Crippen molar-refractivity contribution in [1.29, 1.82) is 0 Å². The number of nitrogens with one attached hydrogen (secondary N) is 2. The molecule has 0 atom stereocenters. The molecule has 0 aliphatic heterocycles. The number of hydrogen-bond donors (Lipinski definition) is 2. The second-order valence-corrected chi connectivity index (χ2v) is 5.18. The average molecular weight is 260 g/mol. The Hall–Kier alpha value is -1.88. The van der Waals surface area contributed by atoms with Crippen LogP contribution in [0.2, 0.25) is 0 Å². The fraction of sp³-hybridized carbons (Fsp3) is 0.429. The zero-order chi connectivity index (χ0) is 13.5. The minimum Gasteiger partial charge on any atom is -0.378 e. The average Bonchev–Trinajstić information content (AvgIpc) is 2.72. The van der Waals surface area contributed by atoms with Crippen molar-refractivity contribution in [3.63, 3.8) is 0 Å². The summed E-state index contributed by atoms with van der Waals surface area (Å²) in [7, 11) is 1.67. The summed E-state index contributed by atoms with van der Waals surface area (Å²) in [6.07, 6.45) is 3.41. The topological polar surface area (TPSA) is 75.0 Å². The third kappa shape index (κ3) is 2.10. The molecule has 1 aromatic carbocycles. The molecule has 1 aliphatic rings. The quantitative estimate of drug-likeness (QED) is 0.825. The van der Waals surface area contributed by atoms with Gasteiger partial charge in [0.1, 0.15) is 0 Å². The van der Waals surface area contributed by atoms with Gasteiger partial charge in [-0.25, -0.2) is 4.79 Å². The Morgan fingerprint density at radius 1 is 1.32 bits per heavy atom. The predicted octanol–water partition coefficient (Wildman–Crippen LogP) is 2.00. The summed E-state index contributed by atoms with van der Waals surface area (Å²) in [4.78, 5) is 28.8. The monoisotopic (exact) mass is 260 g/mol. The van der Waals surface area contributed by atoms with Crippen molar-refractivity contribution < 1.29 is 9.53 Å². The second kappa shape index (κ2) is 4.35. The number of carbonyl (C=O) groups is 1. The molecule has 1 saturated carbocycles. The predicted molar refractivity (Wildman–Crippen MR) is 71.5 cm³/mol. The SMILES string of the molecule is COC1(CC(=O)c2ccc3[nH]c(=O)[nH]c3c2)CCC1. The number of Topliss-reactive ketones (excluding diaryl/α,β-unsaturated/α-hetero) is 1. The Bertz CT molecular complexity index is 674. The normalized spacial score (nSPS) is 17.3. The highest BCUT2D eigenvalue weighted by molar-refractivity contribution is 5.99. The zero-order valence-corrected chi connectivity index (χ0v) is 10.8. The van der Waals surface area contributed by atoms with E-state index in [-0.39, 0.29) is 17.1 Å². The molecule has 1 heterocycles. The van der Waals surface area contributed by atoms with E-state index in [2.05, 4.69) is 9.97 Å². The first kappa shape index (κ1) is 12.2. The number of fused-ring (bicyclic) bond motifs is 1. The maximum absolute atomic E-state index is 12.3. The van der Waals surface area contributed by atoms with Crippen LogP contribution in [-0.4, -0.2) is 28.5 Å². The first-order chi connectivity index (χ1) is 9.12. The molecular formula is C14H16N2O3. The van der Waals surface area contributed by atoms with Crippen LogP contribution in [0, 0.1) is 0 Å². The maximum atomic E-state index is 12.3. The smallest absolute Gasteiger partial charge is 0.323 e. The number of aromatic amines is 2. The van der Waals surface area contributed by atoms with E-state index < -0.39 is 0 Å². The summed E-state index contributed by atoms with van der Waals surface area (Å²) in [6.45, 7) is 0. The fourth-order valence-electron chi connectivity index (χ4n) is 2.62. The third-order valence-electron chi connectivity index (χ3n) is 4.02. The minimum absolute atomic E-state index is 0.0606. The molecule has 5 heteroatoms. The Morgan fingerprint density at radius 2 is 2.05 bits per heavy atom. The Labute approximate surface area is 110 Å². The van der Waals surface area contributed by atoms with Gasteiger partial charge in [0.2, 0.25) is 0 Å². The second-order valence-electron chi connectivity index (χ2n) is 5.18. The number of imidazole rings is 1. The van der Waals surface area contributed by atoms with Gasteiger partial charge in [0.05, 0.1) is 16.6 Å². The van der Waals surface area contributed by atoms with E-state index in [9.17, 15) is 9.59 Å². The van der Waals surface area contributed by atoms with Crippen molar-refractivity contribution in [2.24, 2.45) is 0 Å². The highest BCUT2D eigenvalue weighted by Gasteiger charge is 2.39. The number of ketones is 1. The molecule has 1 fully saturated rings. The molecule has 0 radical (unpaired) electrons. The van der Waals surface area contributed by atoms with Gasteiger partial charge >= 0.3 is 5.69 Å². The number of hydrogen-bond acceptors (Lipinski definition) is 3. The fourth-order valence-corrected chi connectivity index (χ4v) is 2.62. The van der Waals surface area contributed by atoms with Crippen LogP contribution in [0.15, 0.2) is 23.0 Å². The van der Waals surface area contributed by atoms with Crippen LogP contribution >= 0.6 is 0 Å². The molecular weight excluding hydrogens is 244 g/mol. The summed E-state index contributed by atoms with van der Waals surface area (Å²) in [5, 5.41) is 0. The lowest BCUT2D eigenvalue weighted by molar-refractivity contribution is -0.0704. The van der Waals surface area contributed by atoms with Crippen molar-refractivity contribution in [1.82, 2.24) is 9.97 Å². The van der Waals surface area contributed by atoms with Gasteiger partial charge in [-0.1, -0.05) is 0 Å². The number of carbonyl (C=O) groups excluding carboxylic acids is 1. The van der Waals surface area contributed by atoms with E-state index in [0.29, 0.717) is 23.0 Å². The van der Waals surface area contributed by atoms with Crippen LogP contribution < -0.4 is 5.69 Å². The standard InChI is InChI=1S/C14H16N2O3/c1-19-14(5-2-6-14)8-12(17)9-3-4-10-11(7-9)16-13(18)15-10/h3-4,7H,2,5-6,8H2,1H3,(H2,15,16,18). The van der Waals surface area contributed by atoms with Gasteiger partial charge in [0, 0.05) is 19.1 Å². The van der Waals surface area contributed by atoms with Crippen LogP contribution in [0.25, 0.3) is 11.0 Å².